The summed E-state index contributed by atoms with van der Waals surface area (Å²) >= 11 is 0. The lowest BCUT2D eigenvalue weighted by Gasteiger charge is -2.22. The number of carbonyl (C=O) groups is 2. The molecular weight excluding hydrogens is 310 g/mol. The summed E-state index contributed by atoms with van der Waals surface area (Å²) in [5.41, 5.74) is 0.404. The Morgan fingerprint density at radius 3 is 2.54 bits per heavy atom. The molecule has 0 radical (unpaired) electrons. The quantitative estimate of drug-likeness (QED) is 0.676. The van der Waals surface area contributed by atoms with Crippen LogP contribution in [0.15, 0.2) is 24.3 Å². The number of nitrogens with one attached hydrogen (secondary N) is 1. The molecule has 6 nitrogen and oxygen atoms in total. The second-order valence-corrected chi connectivity index (χ2v) is 6.55. The molecule has 1 amide bonds. The average molecular weight is 333 g/mol. The fourth-order valence-corrected chi connectivity index (χ4v) is 2.07. The van der Waals surface area contributed by atoms with E-state index < -0.39 is 12.1 Å². The summed E-state index contributed by atoms with van der Waals surface area (Å²) in [5, 5.41) is 2.76. The van der Waals surface area contributed by atoms with E-state index in [0.29, 0.717) is 24.7 Å². The molecule has 1 atom stereocenters. The monoisotopic (exact) mass is 333 g/mol. The third kappa shape index (κ3) is 5.30. The Morgan fingerprint density at radius 1 is 1.21 bits per heavy atom. The Hall–Kier alpha value is -2.50. The van der Waals surface area contributed by atoms with Crippen LogP contribution in [-0.2, 0) is 14.3 Å². The Bertz CT molecular complexity index is 645. The molecule has 0 aromatic heterocycles. The first-order chi connectivity index (χ1) is 11.2. The van der Waals surface area contributed by atoms with Gasteiger partial charge in [-0.3, -0.25) is 4.79 Å². The molecule has 0 spiro atoms. The summed E-state index contributed by atoms with van der Waals surface area (Å²) in [7, 11) is 0. The van der Waals surface area contributed by atoms with E-state index in [1.807, 2.05) is 26.8 Å². The fraction of sp³-hybridized carbons (Fsp3) is 0.444. The molecule has 2 rings (SSSR count). The number of rotatable bonds is 4. The van der Waals surface area contributed by atoms with Crippen molar-refractivity contribution in [2.45, 2.75) is 39.3 Å². The van der Waals surface area contributed by atoms with Gasteiger partial charge in [-0.2, -0.15) is 0 Å². The van der Waals surface area contributed by atoms with Crippen LogP contribution in [0.5, 0.6) is 11.5 Å². The van der Waals surface area contributed by atoms with E-state index >= 15 is 0 Å². The van der Waals surface area contributed by atoms with Gasteiger partial charge in [0.15, 0.2) is 17.6 Å². The third-order valence-corrected chi connectivity index (χ3v) is 3.14. The highest BCUT2D eigenvalue weighted by Crippen LogP contribution is 2.31. The first-order valence-electron chi connectivity index (χ1n) is 7.85. The number of carbonyl (C=O) groups excluding carboxylic acids is 2. The number of esters is 1. The minimum absolute atomic E-state index is 0.330. The van der Waals surface area contributed by atoms with Crippen molar-refractivity contribution in [1.82, 2.24) is 5.32 Å². The normalized spacial score (nSPS) is 15.0. The zero-order valence-corrected chi connectivity index (χ0v) is 14.4. The number of amides is 1. The van der Waals surface area contributed by atoms with Crippen molar-refractivity contribution in [3.8, 4) is 11.5 Å². The van der Waals surface area contributed by atoms with E-state index in [9.17, 15) is 9.59 Å². The van der Waals surface area contributed by atoms with Crippen LogP contribution in [0.2, 0.25) is 0 Å². The van der Waals surface area contributed by atoms with Crippen LogP contribution < -0.4 is 14.8 Å². The predicted octanol–water partition coefficient (Wildman–Crippen LogP) is 2.32. The van der Waals surface area contributed by atoms with Crippen LogP contribution in [0.3, 0.4) is 0 Å². The van der Waals surface area contributed by atoms with Gasteiger partial charge in [0.2, 0.25) is 0 Å². The van der Waals surface area contributed by atoms with Crippen LogP contribution in [0.4, 0.5) is 0 Å². The van der Waals surface area contributed by atoms with Crippen LogP contribution >= 0.6 is 0 Å². The Balaban J connectivity index is 1.92. The Kier molecular flexibility index (Phi) is 5.49. The number of hydrogen-bond acceptors (Lipinski definition) is 5. The predicted molar refractivity (Wildman–Crippen MR) is 89.9 cm³/mol. The summed E-state index contributed by atoms with van der Waals surface area (Å²) in [6.45, 7) is 8.16. The van der Waals surface area contributed by atoms with Gasteiger partial charge in [-0.05, 0) is 51.5 Å². The molecule has 24 heavy (non-hydrogen) atoms. The molecule has 1 heterocycles. The molecule has 1 aliphatic heterocycles. The minimum atomic E-state index is -0.860. The molecule has 130 valence electrons. The zero-order valence-electron chi connectivity index (χ0n) is 14.4. The van der Waals surface area contributed by atoms with Crippen molar-refractivity contribution < 1.29 is 23.8 Å². The highest BCUT2D eigenvalue weighted by molar-refractivity contribution is 5.90. The largest absolute Gasteiger partial charge is 0.486 e. The lowest BCUT2D eigenvalue weighted by molar-refractivity contribution is -0.150. The van der Waals surface area contributed by atoms with Gasteiger partial charge < -0.3 is 19.5 Å². The number of ether oxygens (including phenoxy) is 3. The maximum atomic E-state index is 11.9. The van der Waals surface area contributed by atoms with Crippen molar-refractivity contribution in [3.63, 3.8) is 0 Å². The van der Waals surface area contributed by atoms with Gasteiger partial charge in [0.05, 0.1) is 0 Å². The maximum Gasteiger partial charge on any atom is 0.331 e. The van der Waals surface area contributed by atoms with Crippen LogP contribution in [0.25, 0.3) is 6.08 Å². The van der Waals surface area contributed by atoms with Gasteiger partial charge >= 0.3 is 5.97 Å². The summed E-state index contributed by atoms with van der Waals surface area (Å²) < 4.78 is 16.0. The second-order valence-electron chi connectivity index (χ2n) is 6.55. The van der Waals surface area contributed by atoms with Crippen molar-refractivity contribution in [1.29, 1.82) is 0 Å². The molecule has 0 bridgehead atoms. The summed E-state index contributed by atoms with van der Waals surface area (Å²) in [6, 6.07) is 5.39. The SMILES string of the molecule is C[C@H](OC(=O)/C=C/c1ccc2c(c1)OCCO2)C(=O)NC(C)(C)C. The molecule has 0 fully saturated rings. The van der Waals surface area contributed by atoms with Gasteiger partial charge in [0.1, 0.15) is 13.2 Å². The molecule has 1 N–H and O–H groups in total. The summed E-state index contributed by atoms with van der Waals surface area (Å²) in [4.78, 5) is 23.7. The molecule has 1 aliphatic rings. The van der Waals surface area contributed by atoms with Gasteiger partial charge in [-0.25, -0.2) is 4.79 Å². The van der Waals surface area contributed by atoms with Gasteiger partial charge in [-0.1, -0.05) is 6.07 Å². The van der Waals surface area contributed by atoms with E-state index in [2.05, 4.69) is 5.32 Å². The number of fused-ring (bicyclic) bond motifs is 1. The Morgan fingerprint density at radius 2 is 1.88 bits per heavy atom. The molecule has 1 aromatic rings. The standard InChI is InChI=1S/C18H23NO5/c1-12(17(21)19-18(2,3)4)24-16(20)8-6-13-5-7-14-15(11-13)23-10-9-22-14/h5-8,11-12H,9-10H2,1-4H3,(H,19,21)/b8-6+/t12-/m0/s1. The lowest BCUT2D eigenvalue weighted by Crippen LogP contribution is -2.46. The van der Waals surface area contributed by atoms with Crippen molar-refractivity contribution >= 4 is 18.0 Å². The van der Waals surface area contributed by atoms with Gasteiger partial charge in [0.25, 0.3) is 5.91 Å². The zero-order chi connectivity index (χ0) is 17.7. The molecule has 0 aliphatic carbocycles. The van der Waals surface area contributed by atoms with E-state index in [0.717, 1.165) is 5.56 Å². The Labute approximate surface area is 141 Å². The summed E-state index contributed by atoms with van der Waals surface area (Å²) in [5.74, 6) is 0.424. The highest BCUT2D eigenvalue weighted by atomic mass is 16.6. The van der Waals surface area contributed by atoms with Crippen molar-refractivity contribution in [2.75, 3.05) is 13.2 Å². The van der Waals surface area contributed by atoms with Crippen molar-refractivity contribution in [3.05, 3.63) is 29.8 Å². The first-order valence-corrected chi connectivity index (χ1v) is 7.85. The molecule has 0 unspecified atom stereocenters. The topological polar surface area (TPSA) is 73.9 Å². The molecule has 0 saturated carbocycles. The number of hydrogen-bond donors (Lipinski definition) is 1. The average Bonchev–Trinajstić information content (AvgIpc) is 2.51. The fourth-order valence-electron chi connectivity index (χ4n) is 2.07. The van der Waals surface area contributed by atoms with Gasteiger partial charge in [0, 0.05) is 11.6 Å². The van der Waals surface area contributed by atoms with Crippen LogP contribution in [0.1, 0.15) is 33.3 Å². The number of benzene rings is 1. The smallest absolute Gasteiger partial charge is 0.331 e. The highest BCUT2D eigenvalue weighted by Gasteiger charge is 2.21. The van der Waals surface area contributed by atoms with Gasteiger partial charge in [-0.15, -0.1) is 0 Å². The van der Waals surface area contributed by atoms with E-state index in [4.69, 9.17) is 14.2 Å². The third-order valence-electron chi connectivity index (χ3n) is 3.14. The van der Waals surface area contributed by atoms with Crippen LogP contribution in [-0.4, -0.2) is 36.7 Å². The molecule has 6 heteroatoms. The minimum Gasteiger partial charge on any atom is -0.486 e. The van der Waals surface area contributed by atoms with E-state index in [1.165, 1.54) is 13.0 Å². The van der Waals surface area contributed by atoms with Crippen LogP contribution in [0, 0.1) is 0 Å². The second kappa shape index (κ2) is 7.38. The molecule has 0 saturated heterocycles. The molecular formula is C18H23NO5. The maximum absolute atomic E-state index is 11.9. The summed E-state index contributed by atoms with van der Waals surface area (Å²) in [6.07, 6.45) is 2.03. The first kappa shape index (κ1) is 17.8. The van der Waals surface area contributed by atoms with E-state index in [1.54, 1.807) is 18.2 Å². The van der Waals surface area contributed by atoms with E-state index in [-0.39, 0.29) is 11.4 Å². The molecule has 1 aromatic carbocycles. The lowest BCUT2D eigenvalue weighted by atomic mass is 10.1. The van der Waals surface area contributed by atoms with Crippen molar-refractivity contribution in [2.24, 2.45) is 0 Å².